The SMILES string of the molecule is C=CCN(C(C)C)S(=O)(=O)c1cc(CN)cc(C)c1C. The topological polar surface area (TPSA) is 63.4 Å². The Morgan fingerprint density at radius 1 is 1.35 bits per heavy atom. The first-order valence-corrected chi connectivity index (χ1v) is 8.12. The van der Waals surface area contributed by atoms with Crippen LogP contribution < -0.4 is 5.73 Å². The standard InChI is InChI=1S/C15H24N2O2S/c1-6-7-17(11(2)3)20(18,19)15-9-14(10-16)8-12(4)13(15)5/h6,8-9,11H,1,7,10,16H2,2-5H3. The maximum atomic E-state index is 12.8. The van der Waals surface area contributed by atoms with E-state index in [0.717, 1.165) is 16.7 Å². The Morgan fingerprint density at radius 3 is 2.40 bits per heavy atom. The van der Waals surface area contributed by atoms with Crippen LogP contribution in [-0.4, -0.2) is 25.3 Å². The van der Waals surface area contributed by atoms with E-state index in [0.29, 0.717) is 18.0 Å². The highest BCUT2D eigenvalue weighted by molar-refractivity contribution is 7.89. The van der Waals surface area contributed by atoms with E-state index in [4.69, 9.17) is 5.73 Å². The van der Waals surface area contributed by atoms with Gasteiger partial charge in [0.05, 0.1) is 4.90 Å². The summed E-state index contributed by atoms with van der Waals surface area (Å²) >= 11 is 0. The summed E-state index contributed by atoms with van der Waals surface area (Å²) in [4.78, 5) is 0.341. The minimum atomic E-state index is -3.54. The molecule has 0 aliphatic carbocycles. The van der Waals surface area contributed by atoms with Crippen LogP contribution in [0.1, 0.15) is 30.5 Å². The molecule has 0 fully saturated rings. The van der Waals surface area contributed by atoms with E-state index in [1.54, 1.807) is 12.1 Å². The van der Waals surface area contributed by atoms with Crippen molar-refractivity contribution in [3.8, 4) is 0 Å². The molecule has 2 N–H and O–H groups in total. The molecule has 112 valence electrons. The van der Waals surface area contributed by atoms with Crippen molar-refractivity contribution in [3.05, 3.63) is 41.5 Å². The van der Waals surface area contributed by atoms with Gasteiger partial charge in [0.1, 0.15) is 0 Å². The third kappa shape index (κ3) is 3.29. The van der Waals surface area contributed by atoms with Crippen LogP contribution in [0.4, 0.5) is 0 Å². The van der Waals surface area contributed by atoms with Crippen molar-refractivity contribution in [2.24, 2.45) is 5.73 Å². The summed E-state index contributed by atoms with van der Waals surface area (Å²) < 4.78 is 27.1. The first-order chi connectivity index (χ1) is 9.25. The number of aryl methyl sites for hydroxylation is 1. The molecule has 0 aromatic heterocycles. The van der Waals surface area contributed by atoms with Gasteiger partial charge in [-0.15, -0.1) is 6.58 Å². The highest BCUT2D eigenvalue weighted by atomic mass is 32.2. The Morgan fingerprint density at radius 2 is 1.95 bits per heavy atom. The average molecular weight is 296 g/mol. The second-order valence-corrected chi connectivity index (χ2v) is 7.06. The van der Waals surface area contributed by atoms with Crippen molar-refractivity contribution in [2.75, 3.05) is 6.54 Å². The maximum absolute atomic E-state index is 12.8. The first kappa shape index (κ1) is 16.9. The van der Waals surface area contributed by atoms with Gasteiger partial charge in [-0.05, 0) is 50.5 Å². The number of nitrogens with two attached hydrogens (primary N) is 1. The van der Waals surface area contributed by atoms with Gasteiger partial charge in [-0.2, -0.15) is 4.31 Å². The largest absolute Gasteiger partial charge is 0.326 e. The fourth-order valence-electron chi connectivity index (χ4n) is 2.12. The van der Waals surface area contributed by atoms with Crippen molar-refractivity contribution < 1.29 is 8.42 Å². The summed E-state index contributed by atoms with van der Waals surface area (Å²) in [5.74, 6) is 0. The second kappa shape index (κ2) is 6.52. The van der Waals surface area contributed by atoms with Crippen LogP contribution in [0.25, 0.3) is 0 Å². The minimum absolute atomic E-state index is 0.126. The minimum Gasteiger partial charge on any atom is -0.326 e. The van der Waals surface area contributed by atoms with Crippen LogP contribution in [0.15, 0.2) is 29.7 Å². The van der Waals surface area contributed by atoms with Crippen LogP contribution in [0.2, 0.25) is 0 Å². The van der Waals surface area contributed by atoms with Crippen LogP contribution >= 0.6 is 0 Å². The lowest BCUT2D eigenvalue weighted by molar-refractivity contribution is 0.382. The van der Waals surface area contributed by atoms with Gasteiger partial charge in [-0.25, -0.2) is 8.42 Å². The second-order valence-electron chi connectivity index (χ2n) is 5.20. The Kier molecular flexibility index (Phi) is 5.50. The molecule has 0 bridgehead atoms. The van der Waals surface area contributed by atoms with Crippen LogP contribution in [0.3, 0.4) is 0 Å². The van der Waals surface area contributed by atoms with Gasteiger partial charge in [0.25, 0.3) is 0 Å². The molecule has 0 aliphatic rings. The summed E-state index contributed by atoms with van der Waals surface area (Å²) in [6.45, 7) is 11.7. The molecule has 0 saturated heterocycles. The summed E-state index contributed by atoms with van der Waals surface area (Å²) in [6.07, 6.45) is 1.60. The molecule has 1 rings (SSSR count). The van der Waals surface area contributed by atoms with E-state index < -0.39 is 10.0 Å². The number of hydrogen-bond donors (Lipinski definition) is 1. The third-order valence-corrected chi connectivity index (χ3v) is 5.55. The van der Waals surface area contributed by atoms with Gasteiger partial charge < -0.3 is 5.73 Å². The Labute approximate surface area is 122 Å². The van der Waals surface area contributed by atoms with Crippen molar-refractivity contribution in [1.82, 2.24) is 4.31 Å². The molecule has 0 aliphatic heterocycles. The van der Waals surface area contributed by atoms with E-state index in [1.807, 2.05) is 33.8 Å². The highest BCUT2D eigenvalue weighted by Crippen LogP contribution is 2.25. The molecule has 5 heteroatoms. The van der Waals surface area contributed by atoms with Crippen molar-refractivity contribution in [2.45, 2.75) is 45.2 Å². The van der Waals surface area contributed by atoms with Crippen molar-refractivity contribution >= 4 is 10.0 Å². The normalized spacial score (nSPS) is 12.2. The summed E-state index contributed by atoms with van der Waals surface area (Å²) in [7, 11) is -3.54. The Hall–Kier alpha value is -1.17. The quantitative estimate of drug-likeness (QED) is 0.820. The first-order valence-electron chi connectivity index (χ1n) is 6.68. The van der Waals surface area contributed by atoms with Gasteiger partial charge in [0, 0.05) is 19.1 Å². The van der Waals surface area contributed by atoms with E-state index in [9.17, 15) is 8.42 Å². The number of hydrogen-bond acceptors (Lipinski definition) is 3. The average Bonchev–Trinajstić information content (AvgIpc) is 2.37. The molecule has 0 amide bonds. The predicted molar refractivity (Wildman–Crippen MR) is 83.0 cm³/mol. The zero-order valence-electron chi connectivity index (χ0n) is 12.7. The van der Waals surface area contributed by atoms with E-state index in [2.05, 4.69) is 6.58 Å². The fraction of sp³-hybridized carbons (Fsp3) is 0.467. The molecule has 0 saturated carbocycles. The zero-order chi connectivity index (χ0) is 15.5. The smallest absolute Gasteiger partial charge is 0.243 e. The fourth-order valence-corrected chi connectivity index (χ4v) is 4.08. The molecule has 0 unspecified atom stereocenters. The van der Waals surface area contributed by atoms with Crippen LogP contribution in [0.5, 0.6) is 0 Å². The van der Waals surface area contributed by atoms with Crippen molar-refractivity contribution in [1.29, 1.82) is 0 Å². The lowest BCUT2D eigenvalue weighted by Gasteiger charge is -2.26. The summed E-state index contributed by atoms with van der Waals surface area (Å²) in [5, 5.41) is 0. The monoisotopic (exact) mass is 296 g/mol. The van der Waals surface area contributed by atoms with E-state index in [1.165, 1.54) is 4.31 Å². The highest BCUT2D eigenvalue weighted by Gasteiger charge is 2.28. The Bertz CT molecular complexity index is 592. The van der Waals surface area contributed by atoms with Crippen molar-refractivity contribution in [3.63, 3.8) is 0 Å². The predicted octanol–water partition coefficient (Wildman–Crippen LogP) is 2.35. The van der Waals surface area contributed by atoms with Gasteiger partial charge in [-0.3, -0.25) is 0 Å². The van der Waals surface area contributed by atoms with Crippen LogP contribution in [-0.2, 0) is 16.6 Å². The van der Waals surface area contributed by atoms with Gasteiger partial charge in [0.2, 0.25) is 10.0 Å². The molecular weight excluding hydrogens is 272 g/mol. The lowest BCUT2D eigenvalue weighted by Crippen LogP contribution is -2.37. The molecule has 4 nitrogen and oxygen atoms in total. The molecule has 0 heterocycles. The van der Waals surface area contributed by atoms with Gasteiger partial charge >= 0.3 is 0 Å². The summed E-state index contributed by atoms with van der Waals surface area (Å²) in [5.41, 5.74) is 8.19. The van der Waals surface area contributed by atoms with E-state index >= 15 is 0 Å². The number of sulfonamides is 1. The third-order valence-electron chi connectivity index (χ3n) is 3.39. The molecular formula is C15H24N2O2S. The molecule has 0 spiro atoms. The zero-order valence-corrected chi connectivity index (χ0v) is 13.5. The Balaban J connectivity index is 3.48. The molecule has 1 aromatic carbocycles. The van der Waals surface area contributed by atoms with Crippen LogP contribution in [0, 0.1) is 13.8 Å². The summed E-state index contributed by atoms with van der Waals surface area (Å²) in [6, 6.07) is 3.48. The number of benzene rings is 1. The molecule has 1 aromatic rings. The molecule has 0 atom stereocenters. The lowest BCUT2D eigenvalue weighted by atomic mass is 10.1. The molecule has 20 heavy (non-hydrogen) atoms. The number of nitrogens with zero attached hydrogens (tertiary/aromatic N) is 1. The van der Waals surface area contributed by atoms with E-state index in [-0.39, 0.29) is 6.04 Å². The molecule has 0 radical (unpaired) electrons. The van der Waals surface area contributed by atoms with Gasteiger partial charge in [0.15, 0.2) is 0 Å². The maximum Gasteiger partial charge on any atom is 0.243 e. The number of rotatable bonds is 6. The van der Waals surface area contributed by atoms with Gasteiger partial charge in [-0.1, -0.05) is 12.1 Å².